The van der Waals surface area contributed by atoms with E-state index < -0.39 is 11.8 Å². The minimum atomic E-state index is -0.505. The first-order valence-electron chi connectivity index (χ1n) is 8.19. The quantitative estimate of drug-likeness (QED) is 0.469. The van der Waals surface area contributed by atoms with Gasteiger partial charge in [0.1, 0.15) is 10.4 Å². The van der Waals surface area contributed by atoms with E-state index in [-0.39, 0.29) is 16.8 Å². The number of ether oxygens (including phenoxy) is 1. The van der Waals surface area contributed by atoms with E-state index in [1.807, 2.05) is 48.5 Å². The molecule has 0 atom stereocenters. The number of amides is 2. The second kappa shape index (κ2) is 8.77. The first-order valence-corrected chi connectivity index (χ1v) is 8.60. The number of hydrazine groups is 1. The van der Waals surface area contributed by atoms with Gasteiger partial charge in [-0.25, -0.2) is 0 Å². The van der Waals surface area contributed by atoms with Gasteiger partial charge in [-0.05, 0) is 23.8 Å². The van der Waals surface area contributed by atoms with Crippen LogP contribution in [0.4, 0.5) is 0 Å². The molecule has 6 nitrogen and oxygen atoms in total. The zero-order chi connectivity index (χ0) is 19.1. The maximum absolute atomic E-state index is 12.0. The van der Waals surface area contributed by atoms with E-state index in [9.17, 15) is 9.59 Å². The molecule has 2 amide bonds. The van der Waals surface area contributed by atoms with Crippen molar-refractivity contribution in [3.8, 4) is 16.9 Å². The van der Waals surface area contributed by atoms with Gasteiger partial charge in [-0.3, -0.25) is 20.4 Å². The molecule has 0 fully saturated rings. The molecule has 0 aliphatic heterocycles. The van der Waals surface area contributed by atoms with Gasteiger partial charge >= 0.3 is 0 Å². The van der Waals surface area contributed by atoms with Gasteiger partial charge < -0.3 is 9.72 Å². The average molecular weight is 379 g/mol. The summed E-state index contributed by atoms with van der Waals surface area (Å²) in [5.74, 6) is -0.414. The predicted octanol–water partition coefficient (Wildman–Crippen LogP) is 3.25. The van der Waals surface area contributed by atoms with Crippen LogP contribution in [-0.2, 0) is 4.79 Å². The molecule has 0 radical (unpaired) electrons. The molecule has 3 aromatic rings. The van der Waals surface area contributed by atoms with Crippen LogP contribution in [0.15, 0.2) is 72.9 Å². The number of H-pyrrole nitrogens is 1. The zero-order valence-corrected chi connectivity index (χ0v) is 15.1. The molecule has 0 bridgehead atoms. The minimum absolute atomic E-state index is 0.244. The summed E-state index contributed by atoms with van der Waals surface area (Å²) in [5.41, 5.74) is 6.76. The van der Waals surface area contributed by atoms with Crippen LogP contribution in [0.5, 0.6) is 5.75 Å². The van der Waals surface area contributed by atoms with Gasteiger partial charge in [-0.2, -0.15) is 0 Å². The number of para-hydroxylation sites is 1. The molecule has 0 unspecified atom stereocenters. The first kappa shape index (κ1) is 18.3. The zero-order valence-electron chi connectivity index (χ0n) is 14.3. The molecule has 3 rings (SSSR count). The van der Waals surface area contributed by atoms with Crippen LogP contribution in [0.3, 0.4) is 0 Å². The lowest BCUT2D eigenvalue weighted by atomic mass is 10.1. The number of hydrogen-bond acceptors (Lipinski definition) is 4. The summed E-state index contributed by atoms with van der Waals surface area (Å²) < 4.78 is 5.91. The lowest BCUT2D eigenvalue weighted by molar-refractivity contribution is -0.123. The smallest absolute Gasteiger partial charge is 0.276 e. The Morgan fingerprint density at radius 3 is 2.44 bits per heavy atom. The number of aromatic amines is 1. The number of benzene rings is 2. The molecule has 136 valence electrons. The van der Waals surface area contributed by atoms with Gasteiger partial charge in [-0.15, -0.1) is 0 Å². The van der Waals surface area contributed by atoms with Crippen molar-refractivity contribution < 1.29 is 14.3 Å². The molecule has 0 spiro atoms. The van der Waals surface area contributed by atoms with E-state index in [2.05, 4.69) is 15.8 Å². The lowest BCUT2D eigenvalue weighted by Gasteiger charge is -2.12. The van der Waals surface area contributed by atoms with Gasteiger partial charge in [0.05, 0.1) is 5.56 Å². The lowest BCUT2D eigenvalue weighted by Crippen LogP contribution is -2.44. The minimum Gasteiger partial charge on any atom is -0.483 e. The van der Waals surface area contributed by atoms with E-state index in [1.54, 1.807) is 24.4 Å². The Morgan fingerprint density at radius 2 is 1.67 bits per heavy atom. The maximum atomic E-state index is 12.0. The molecule has 3 N–H and O–H groups in total. The van der Waals surface area contributed by atoms with Crippen LogP contribution in [0.1, 0.15) is 10.4 Å². The monoisotopic (exact) mass is 379 g/mol. The maximum Gasteiger partial charge on any atom is 0.276 e. The molecule has 7 heteroatoms. The fourth-order valence-electron chi connectivity index (χ4n) is 2.42. The number of hydrogen-bond donors (Lipinski definition) is 3. The highest BCUT2D eigenvalue weighted by Crippen LogP contribution is 2.29. The molecule has 0 aliphatic rings. The van der Waals surface area contributed by atoms with E-state index in [1.165, 1.54) is 0 Å². The molecule has 0 aliphatic carbocycles. The van der Waals surface area contributed by atoms with Crippen LogP contribution >= 0.6 is 12.2 Å². The molecule has 0 saturated heterocycles. The molecule has 1 aromatic heterocycles. The van der Waals surface area contributed by atoms with E-state index in [0.29, 0.717) is 5.75 Å². The molecule has 27 heavy (non-hydrogen) atoms. The summed E-state index contributed by atoms with van der Waals surface area (Å²) in [5, 5.41) is 0. The summed E-state index contributed by atoms with van der Waals surface area (Å²) in [6.07, 6.45) is 1.62. The van der Waals surface area contributed by atoms with Crippen molar-refractivity contribution in [3.63, 3.8) is 0 Å². The fraction of sp³-hybridized carbons (Fsp3) is 0.0500. The summed E-state index contributed by atoms with van der Waals surface area (Å²) in [6, 6.07) is 20.4. The first-order chi connectivity index (χ1) is 13.1. The van der Waals surface area contributed by atoms with Crippen molar-refractivity contribution in [3.05, 3.63) is 83.1 Å². The van der Waals surface area contributed by atoms with Crippen LogP contribution < -0.4 is 15.6 Å². The number of rotatable bonds is 5. The van der Waals surface area contributed by atoms with Crippen LogP contribution in [0, 0.1) is 4.64 Å². The summed E-state index contributed by atoms with van der Waals surface area (Å²) >= 11 is 5.03. The normalized spacial score (nSPS) is 10.1. The Balaban J connectivity index is 1.58. The van der Waals surface area contributed by atoms with Crippen molar-refractivity contribution in [2.75, 3.05) is 6.61 Å². The Bertz CT molecular complexity index is 1000. The number of aromatic nitrogens is 1. The van der Waals surface area contributed by atoms with Crippen molar-refractivity contribution in [1.82, 2.24) is 15.8 Å². The van der Waals surface area contributed by atoms with Crippen LogP contribution in [-0.4, -0.2) is 23.4 Å². The summed E-state index contributed by atoms with van der Waals surface area (Å²) in [4.78, 5) is 26.8. The summed E-state index contributed by atoms with van der Waals surface area (Å²) in [6.45, 7) is -0.244. The van der Waals surface area contributed by atoms with Gasteiger partial charge in [0, 0.05) is 11.8 Å². The number of nitrogens with one attached hydrogen (secondary N) is 3. The third-order valence-corrected chi connectivity index (χ3v) is 4.05. The van der Waals surface area contributed by atoms with E-state index in [4.69, 9.17) is 17.0 Å². The third kappa shape index (κ3) is 4.80. The van der Waals surface area contributed by atoms with Gasteiger partial charge in [0.25, 0.3) is 11.8 Å². The van der Waals surface area contributed by atoms with Crippen LogP contribution in [0.25, 0.3) is 11.1 Å². The van der Waals surface area contributed by atoms with Gasteiger partial charge in [-0.1, -0.05) is 60.7 Å². The highest BCUT2D eigenvalue weighted by atomic mass is 32.1. The molecular formula is C20H17N3O3S. The highest BCUT2D eigenvalue weighted by Gasteiger charge is 2.11. The third-order valence-electron chi connectivity index (χ3n) is 3.71. The summed E-state index contributed by atoms with van der Waals surface area (Å²) in [7, 11) is 0. The second-order valence-corrected chi connectivity index (χ2v) is 5.97. The molecule has 1 heterocycles. The van der Waals surface area contributed by atoms with Crippen molar-refractivity contribution in [2.45, 2.75) is 0 Å². The Labute approximate surface area is 161 Å². The average Bonchev–Trinajstić information content (AvgIpc) is 2.71. The van der Waals surface area contributed by atoms with Crippen molar-refractivity contribution >= 4 is 24.0 Å². The Hall–Kier alpha value is -3.45. The standard InChI is InChI=1S/C20H17N3O3S/c24-18(22-23-19(25)16-10-6-12-21-20(16)27)13-26-17-11-5-4-9-15(17)14-7-2-1-3-8-14/h1-12H,13H2,(H,21,27)(H,22,24)(H,23,25). The fourth-order valence-corrected chi connectivity index (χ4v) is 2.65. The number of pyridine rings is 1. The highest BCUT2D eigenvalue weighted by molar-refractivity contribution is 7.71. The molecule has 0 saturated carbocycles. The number of carbonyl (C=O) groups is 2. The van der Waals surface area contributed by atoms with Crippen molar-refractivity contribution in [2.24, 2.45) is 0 Å². The van der Waals surface area contributed by atoms with Crippen molar-refractivity contribution in [1.29, 1.82) is 0 Å². The predicted molar refractivity (Wildman–Crippen MR) is 105 cm³/mol. The Kier molecular flexibility index (Phi) is 5.96. The molecule has 2 aromatic carbocycles. The van der Waals surface area contributed by atoms with Gasteiger partial charge in [0.2, 0.25) is 0 Å². The second-order valence-electron chi connectivity index (χ2n) is 5.57. The largest absolute Gasteiger partial charge is 0.483 e. The SMILES string of the molecule is O=C(COc1ccccc1-c1ccccc1)NNC(=O)c1ccc[nH]c1=S. The van der Waals surface area contributed by atoms with E-state index in [0.717, 1.165) is 11.1 Å². The van der Waals surface area contributed by atoms with E-state index >= 15 is 0 Å². The Morgan fingerprint density at radius 1 is 0.926 bits per heavy atom. The topological polar surface area (TPSA) is 83.2 Å². The number of carbonyl (C=O) groups excluding carboxylic acids is 2. The van der Waals surface area contributed by atoms with Gasteiger partial charge in [0.15, 0.2) is 6.61 Å². The van der Waals surface area contributed by atoms with Crippen LogP contribution in [0.2, 0.25) is 0 Å². The molecular weight excluding hydrogens is 362 g/mol.